The molecule has 0 atom stereocenters. The van der Waals surface area contributed by atoms with Gasteiger partial charge in [0, 0.05) is 37.6 Å². The van der Waals surface area contributed by atoms with Crippen molar-refractivity contribution >= 4 is 50.6 Å². The number of aromatic nitrogens is 2. The standard InChI is InChI=1S/C57H48N4O.Pt/c1-56(2,3)37-41-22-15-29-51-54(41)60(55-46(39-18-9-7-10-19-39)26-17-27-47(55)40-20-11-8-12-21-40)38-59(51)43-23-16-24-44(35-43)62-45-30-31-49-48-25-13-14-28-50(48)61(52(49)36-45)53-34-42(32-33-58-53)57(4,5)6;/h7-34H,37H2,1-6H3;/q;+2/i37D2;. The Morgan fingerprint density at radius 3 is 1.98 bits per heavy atom. The molecule has 7 aromatic carbocycles. The minimum absolute atomic E-state index is 0. The zero-order chi connectivity index (χ0) is 44.4. The van der Waals surface area contributed by atoms with Crippen LogP contribution in [0, 0.1) is 17.5 Å². The number of para-hydroxylation sites is 3. The van der Waals surface area contributed by atoms with Gasteiger partial charge in [0.1, 0.15) is 11.5 Å². The molecule has 10 rings (SSSR count). The van der Waals surface area contributed by atoms with E-state index in [0.29, 0.717) is 22.7 Å². The molecule has 0 unspecified atom stereocenters. The Hall–Kier alpha value is -6.64. The Morgan fingerprint density at radius 2 is 1.29 bits per heavy atom. The molecule has 3 heterocycles. The second-order valence-corrected chi connectivity index (χ2v) is 17.8. The van der Waals surface area contributed by atoms with Crippen molar-refractivity contribution in [1.82, 2.24) is 18.7 Å². The van der Waals surface area contributed by atoms with E-state index in [-0.39, 0.29) is 26.5 Å². The number of fused-ring (bicyclic) bond motifs is 4. The third kappa shape index (κ3) is 8.00. The smallest absolute Gasteiger partial charge is 0.509 e. The fourth-order valence-electron chi connectivity index (χ4n) is 8.41. The molecule has 0 spiro atoms. The minimum Gasteiger partial charge on any atom is -0.509 e. The molecular formula is C57H48N4OPt+2. The molecule has 0 aliphatic carbocycles. The van der Waals surface area contributed by atoms with Gasteiger partial charge in [0.2, 0.25) is 5.69 Å². The van der Waals surface area contributed by atoms with E-state index in [4.69, 9.17) is 9.72 Å². The predicted molar refractivity (Wildman–Crippen MR) is 256 cm³/mol. The quantitative estimate of drug-likeness (QED) is 0.112. The van der Waals surface area contributed by atoms with Gasteiger partial charge in [-0.3, -0.25) is 0 Å². The predicted octanol–water partition coefficient (Wildman–Crippen LogP) is 14.6. The number of pyridine rings is 1. The van der Waals surface area contributed by atoms with Gasteiger partial charge < -0.3 is 9.30 Å². The fourth-order valence-corrected chi connectivity index (χ4v) is 8.41. The first-order valence-corrected chi connectivity index (χ1v) is 21.1. The summed E-state index contributed by atoms with van der Waals surface area (Å²) in [6, 6.07) is 66.3. The zero-order valence-electron chi connectivity index (χ0n) is 38.2. The summed E-state index contributed by atoms with van der Waals surface area (Å²) in [6.45, 7) is 12.5. The van der Waals surface area contributed by atoms with Crippen molar-refractivity contribution in [3.05, 3.63) is 193 Å². The van der Waals surface area contributed by atoms with Gasteiger partial charge in [-0.15, -0.1) is 23.6 Å². The zero-order valence-corrected chi connectivity index (χ0v) is 38.5. The van der Waals surface area contributed by atoms with Crippen molar-refractivity contribution in [1.29, 1.82) is 0 Å². The van der Waals surface area contributed by atoms with Crippen molar-refractivity contribution < 1.29 is 28.5 Å². The molecule has 6 heteroatoms. The van der Waals surface area contributed by atoms with Gasteiger partial charge in [-0.25, -0.2) is 4.98 Å². The van der Waals surface area contributed by atoms with E-state index < -0.39 is 11.8 Å². The topological polar surface area (TPSA) is 33.1 Å². The second kappa shape index (κ2) is 16.6. The molecule has 0 fully saturated rings. The molecule has 310 valence electrons. The molecule has 0 amide bonds. The normalized spacial score (nSPS) is 13.2. The SMILES string of the molecule is [2H]C([2H])(c1cccc2c1[N+](c1c(-c3ccccc3)cccc1-c1ccccc1)=C=[N+]2c1[c-]c(Oc2[c-]c3c(cc2)c2ccccc2n3-c2cc(C(C)(C)C)ccn2)ccc1)C(C)(C)C.[Pt+2]. The number of rotatable bonds is 8. The Morgan fingerprint density at radius 1 is 0.635 bits per heavy atom. The molecule has 0 N–H and O–H groups in total. The maximum absolute atomic E-state index is 9.66. The van der Waals surface area contributed by atoms with Crippen molar-refractivity contribution in [2.24, 2.45) is 5.41 Å². The average molecular weight is 1000 g/mol. The largest absolute Gasteiger partial charge is 2.00 e. The number of hydrogen-bond donors (Lipinski definition) is 0. The van der Waals surface area contributed by atoms with Crippen LogP contribution in [0.3, 0.4) is 0 Å². The number of nitrogens with zero attached hydrogens (tertiary/aromatic N) is 4. The number of ether oxygens (including phenoxy) is 1. The van der Waals surface area contributed by atoms with Crippen LogP contribution in [0.4, 0.5) is 22.7 Å². The van der Waals surface area contributed by atoms with Crippen LogP contribution in [-0.2, 0) is 32.9 Å². The monoisotopic (exact) mass is 1000 g/mol. The van der Waals surface area contributed by atoms with Gasteiger partial charge >= 0.3 is 32.8 Å². The van der Waals surface area contributed by atoms with E-state index in [1.54, 1.807) is 0 Å². The average Bonchev–Trinajstić information content (AvgIpc) is 3.85. The summed E-state index contributed by atoms with van der Waals surface area (Å²) in [7, 11) is 0. The first kappa shape index (κ1) is 39.2. The van der Waals surface area contributed by atoms with E-state index >= 15 is 0 Å². The molecule has 0 saturated heterocycles. The van der Waals surface area contributed by atoms with E-state index in [9.17, 15) is 2.74 Å². The maximum Gasteiger partial charge on any atom is 2.00 e. The first-order valence-electron chi connectivity index (χ1n) is 22.1. The second-order valence-electron chi connectivity index (χ2n) is 17.8. The fraction of sp³-hybridized carbons (Fsp3) is 0.158. The van der Waals surface area contributed by atoms with E-state index in [0.717, 1.165) is 66.9 Å². The van der Waals surface area contributed by atoms with E-state index in [1.165, 1.54) is 5.56 Å². The van der Waals surface area contributed by atoms with Crippen LogP contribution in [0.15, 0.2) is 170 Å². The van der Waals surface area contributed by atoms with Gasteiger partial charge in [0.15, 0.2) is 0 Å². The number of hydrogen-bond acceptors (Lipinski definition) is 2. The molecular weight excluding hydrogens is 952 g/mol. The molecule has 0 saturated carbocycles. The van der Waals surface area contributed by atoms with Crippen molar-refractivity contribution in [2.75, 3.05) is 0 Å². The van der Waals surface area contributed by atoms with Crippen LogP contribution in [0.5, 0.6) is 11.5 Å². The van der Waals surface area contributed by atoms with Crippen molar-refractivity contribution in [3.63, 3.8) is 0 Å². The maximum atomic E-state index is 9.66. The third-order valence-corrected chi connectivity index (χ3v) is 11.2. The molecule has 1 aliphatic rings. The van der Waals surface area contributed by atoms with Crippen LogP contribution in [0.1, 0.15) is 55.4 Å². The van der Waals surface area contributed by atoms with Crippen molar-refractivity contribution in [3.8, 4) is 39.6 Å². The first-order chi connectivity index (χ1) is 30.8. The van der Waals surface area contributed by atoms with Gasteiger partial charge in [-0.05, 0) is 74.2 Å². The summed E-state index contributed by atoms with van der Waals surface area (Å²) < 4.78 is 32.2. The summed E-state index contributed by atoms with van der Waals surface area (Å²) in [5, 5.41) is 2.16. The van der Waals surface area contributed by atoms with Gasteiger partial charge in [0.25, 0.3) is 5.69 Å². The van der Waals surface area contributed by atoms with Crippen LogP contribution in [0.25, 0.3) is 49.9 Å². The Kier molecular flexibility index (Phi) is 10.3. The van der Waals surface area contributed by atoms with Crippen LogP contribution in [0.2, 0.25) is 0 Å². The Balaban J connectivity index is 0.00000533. The molecule has 2 aromatic heterocycles. The summed E-state index contributed by atoms with van der Waals surface area (Å²) in [4.78, 5) is 4.85. The molecule has 9 aromatic rings. The summed E-state index contributed by atoms with van der Waals surface area (Å²) >= 11 is 0. The molecule has 0 bridgehead atoms. The Bertz CT molecular complexity index is 3280. The van der Waals surface area contributed by atoms with Crippen LogP contribution in [-0.4, -0.2) is 15.6 Å². The van der Waals surface area contributed by atoms with Crippen LogP contribution >= 0.6 is 0 Å². The van der Waals surface area contributed by atoms with E-state index in [1.807, 2.05) is 110 Å². The van der Waals surface area contributed by atoms with Crippen molar-refractivity contribution in [2.45, 2.75) is 53.3 Å². The molecule has 63 heavy (non-hydrogen) atoms. The van der Waals surface area contributed by atoms with Crippen LogP contribution < -0.4 is 13.9 Å². The van der Waals surface area contributed by atoms with Gasteiger partial charge in [-0.2, -0.15) is 12.1 Å². The molecule has 5 nitrogen and oxygen atoms in total. The molecule has 0 radical (unpaired) electrons. The van der Waals surface area contributed by atoms with Gasteiger partial charge in [0.05, 0.1) is 11.1 Å². The van der Waals surface area contributed by atoms with Gasteiger partial charge in [-0.1, -0.05) is 161 Å². The minimum atomic E-state index is -1.72. The molecule has 1 aliphatic heterocycles. The summed E-state index contributed by atoms with van der Waals surface area (Å²) in [5.74, 6) is 1.86. The summed E-state index contributed by atoms with van der Waals surface area (Å²) in [5.41, 5.74) is 10.1. The number of benzene rings is 7. The van der Waals surface area contributed by atoms with E-state index in [2.05, 4.69) is 133 Å². The summed E-state index contributed by atoms with van der Waals surface area (Å²) in [6.07, 6.45) is 0.157. The Labute approximate surface area is 387 Å². The third-order valence-electron chi connectivity index (χ3n) is 11.2.